The van der Waals surface area contributed by atoms with Crippen molar-refractivity contribution in [2.45, 2.75) is 77.1 Å². The van der Waals surface area contributed by atoms with Crippen molar-refractivity contribution in [3.05, 3.63) is 0 Å². The van der Waals surface area contributed by atoms with Crippen molar-refractivity contribution in [1.82, 2.24) is 0 Å². The highest BCUT2D eigenvalue weighted by Gasteiger charge is 2.52. The molecule has 0 amide bonds. The Morgan fingerprint density at radius 1 is 1.35 bits per heavy atom. The van der Waals surface area contributed by atoms with Crippen LogP contribution in [0.5, 0.6) is 0 Å². The summed E-state index contributed by atoms with van der Waals surface area (Å²) in [5.41, 5.74) is 0. The predicted octanol–water partition coefficient (Wildman–Crippen LogP) is 3.57. The van der Waals surface area contributed by atoms with Gasteiger partial charge in [-0.1, -0.05) is 19.8 Å². The fourth-order valence-electron chi connectivity index (χ4n) is 3.94. The van der Waals surface area contributed by atoms with Gasteiger partial charge in [-0.25, -0.2) is 0 Å². The number of hydrogen-bond donors (Lipinski definition) is 0. The van der Waals surface area contributed by atoms with Crippen LogP contribution in [0.3, 0.4) is 0 Å². The number of carbonyl (C=O) groups excluding carboxylic acids is 1. The Morgan fingerprint density at radius 2 is 2.09 bits per heavy atom. The Morgan fingerprint density at radius 3 is 2.70 bits per heavy atom. The lowest BCUT2D eigenvalue weighted by atomic mass is 9.87. The number of nitrogens with zero attached hydrogens (tertiary/aromatic N) is 1. The van der Waals surface area contributed by atoms with Gasteiger partial charge in [0.25, 0.3) is 0 Å². The maximum atomic E-state index is 11.3. The molecule has 1 aliphatic heterocycles. The minimum absolute atomic E-state index is 0.0262. The van der Waals surface area contributed by atoms with Crippen molar-refractivity contribution in [2.24, 2.45) is 11.8 Å². The summed E-state index contributed by atoms with van der Waals surface area (Å²) >= 11 is 0. The van der Waals surface area contributed by atoms with Crippen LogP contribution in [0.1, 0.15) is 65.2 Å². The molecular weight excluding hydrogens is 294 g/mol. The van der Waals surface area contributed by atoms with Crippen molar-refractivity contribution >= 4 is 5.97 Å². The van der Waals surface area contributed by atoms with E-state index in [-0.39, 0.29) is 23.9 Å². The van der Waals surface area contributed by atoms with E-state index in [1.54, 1.807) is 0 Å². The average molecular weight is 323 g/mol. The summed E-state index contributed by atoms with van der Waals surface area (Å²) in [6, 6.07) is 2.41. The molecule has 0 radical (unpaired) electrons. The molecule has 1 spiro atoms. The number of rotatable bonds is 8. The van der Waals surface area contributed by atoms with Crippen molar-refractivity contribution in [1.29, 1.82) is 5.26 Å². The summed E-state index contributed by atoms with van der Waals surface area (Å²) in [5.74, 6) is -0.733. The van der Waals surface area contributed by atoms with E-state index in [1.165, 1.54) is 6.92 Å². The first-order valence-electron chi connectivity index (χ1n) is 8.96. The summed E-state index contributed by atoms with van der Waals surface area (Å²) in [6.07, 6.45) is 7.42. The smallest absolute Gasteiger partial charge is 0.302 e. The van der Waals surface area contributed by atoms with Gasteiger partial charge in [0.15, 0.2) is 5.79 Å². The molecule has 1 saturated carbocycles. The third-order valence-electron chi connectivity index (χ3n) is 5.06. The lowest BCUT2D eigenvalue weighted by Crippen LogP contribution is -2.37. The van der Waals surface area contributed by atoms with E-state index in [2.05, 4.69) is 13.0 Å². The minimum Gasteiger partial charge on any atom is -0.463 e. The lowest BCUT2D eigenvalue weighted by molar-refractivity contribution is -0.187. The number of unbranched alkanes of at least 4 members (excludes halogenated alkanes) is 2. The molecule has 2 aliphatic rings. The largest absolute Gasteiger partial charge is 0.463 e. The number of esters is 1. The first-order valence-corrected chi connectivity index (χ1v) is 8.96. The van der Waals surface area contributed by atoms with Gasteiger partial charge in [0, 0.05) is 19.3 Å². The first kappa shape index (κ1) is 18.2. The van der Waals surface area contributed by atoms with Crippen LogP contribution in [-0.4, -0.2) is 31.1 Å². The Hall–Kier alpha value is -1.12. The molecule has 1 saturated heterocycles. The van der Waals surface area contributed by atoms with E-state index in [9.17, 15) is 10.1 Å². The van der Waals surface area contributed by atoms with Crippen LogP contribution in [0.25, 0.3) is 0 Å². The molecule has 23 heavy (non-hydrogen) atoms. The topological polar surface area (TPSA) is 68.6 Å². The molecule has 0 bridgehead atoms. The zero-order valence-electron chi connectivity index (χ0n) is 14.4. The molecule has 0 aromatic heterocycles. The van der Waals surface area contributed by atoms with E-state index in [0.717, 1.165) is 51.4 Å². The summed E-state index contributed by atoms with van der Waals surface area (Å²) in [6.45, 7) is 4.84. The van der Waals surface area contributed by atoms with Crippen molar-refractivity contribution in [2.75, 3.05) is 13.2 Å². The van der Waals surface area contributed by atoms with Crippen LogP contribution < -0.4 is 0 Å². The standard InChI is InChI=1S/C18H29NO4/c1-3-4-5-6-16(23-14(2)20)7-8-17-15(13-19)9-10-18(17)21-11-12-22-18/h15-17H,3-12H2,1-2H3. The molecule has 2 fully saturated rings. The van der Waals surface area contributed by atoms with E-state index in [0.29, 0.717) is 13.2 Å². The third kappa shape index (κ3) is 4.68. The van der Waals surface area contributed by atoms with Crippen LogP contribution in [-0.2, 0) is 19.0 Å². The molecule has 1 aliphatic carbocycles. The van der Waals surface area contributed by atoms with Crippen LogP contribution in [0.2, 0.25) is 0 Å². The number of hydrogen-bond acceptors (Lipinski definition) is 5. The lowest BCUT2D eigenvalue weighted by Gasteiger charge is -2.31. The molecule has 130 valence electrons. The van der Waals surface area contributed by atoms with Crippen molar-refractivity contribution in [3.8, 4) is 6.07 Å². The van der Waals surface area contributed by atoms with Gasteiger partial charge in [-0.05, 0) is 32.1 Å². The molecule has 0 aromatic rings. The van der Waals surface area contributed by atoms with Gasteiger partial charge in [0.05, 0.1) is 25.2 Å². The number of carbonyl (C=O) groups is 1. The van der Waals surface area contributed by atoms with E-state index in [1.807, 2.05) is 0 Å². The predicted molar refractivity (Wildman–Crippen MR) is 85.4 cm³/mol. The SMILES string of the molecule is CCCCCC(CCC1C(C#N)CCC12OCCO2)OC(C)=O. The van der Waals surface area contributed by atoms with Gasteiger partial charge in [-0.3, -0.25) is 4.79 Å². The molecule has 3 atom stereocenters. The Bertz CT molecular complexity index is 425. The Kier molecular flexibility index (Phi) is 6.86. The molecule has 2 rings (SSSR count). The molecule has 5 nitrogen and oxygen atoms in total. The normalized spacial score (nSPS) is 27.0. The van der Waals surface area contributed by atoms with E-state index in [4.69, 9.17) is 14.2 Å². The summed E-state index contributed by atoms with van der Waals surface area (Å²) in [4.78, 5) is 11.3. The van der Waals surface area contributed by atoms with E-state index >= 15 is 0 Å². The molecular formula is C18H29NO4. The Labute approximate surface area is 139 Å². The summed E-state index contributed by atoms with van der Waals surface area (Å²) in [7, 11) is 0. The molecule has 3 unspecified atom stereocenters. The maximum Gasteiger partial charge on any atom is 0.302 e. The van der Waals surface area contributed by atoms with Gasteiger partial charge >= 0.3 is 5.97 Å². The maximum absolute atomic E-state index is 11.3. The van der Waals surface area contributed by atoms with Crippen LogP contribution in [0.15, 0.2) is 0 Å². The highest BCUT2D eigenvalue weighted by atomic mass is 16.7. The fraction of sp³-hybridized carbons (Fsp3) is 0.889. The number of ether oxygens (including phenoxy) is 3. The van der Waals surface area contributed by atoms with Crippen LogP contribution >= 0.6 is 0 Å². The highest BCUT2D eigenvalue weighted by molar-refractivity contribution is 5.66. The highest BCUT2D eigenvalue weighted by Crippen LogP contribution is 2.48. The Balaban J connectivity index is 1.93. The van der Waals surface area contributed by atoms with E-state index < -0.39 is 5.79 Å². The second-order valence-electron chi connectivity index (χ2n) is 6.69. The monoisotopic (exact) mass is 323 g/mol. The third-order valence-corrected chi connectivity index (χ3v) is 5.06. The zero-order chi connectivity index (χ0) is 16.7. The van der Waals surface area contributed by atoms with Crippen LogP contribution in [0, 0.1) is 23.2 Å². The average Bonchev–Trinajstić information content (AvgIpc) is 3.12. The van der Waals surface area contributed by atoms with Gasteiger partial charge in [-0.2, -0.15) is 5.26 Å². The quantitative estimate of drug-likeness (QED) is 0.504. The zero-order valence-corrected chi connectivity index (χ0v) is 14.4. The second kappa shape index (κ2) is 8.65. The van der Waals surface area contributed by atoms with Crippen molar-refractivity contribution < 1.29 is 19.0 Å². The minimum atomic E-state index is -0.565. The summed E-state index contributed by atoms with van der Waals surface area (Å²) in [5, 5.41) is 9.42. The van der Waals surface area contributed by atoms with Crippen molar-refractivity contribution in [3.63, 3.8) is 0 Å². The number of nitriles is 1. The van der Waals surface area contributed by atoms with Gasteiger partial charge < -0.3 is 14.2 Å². The van der Waals surface area contributed by atoms with Gasteiger partial charge in [-0.15, -0.1) is 0 Å². The molecule has 0 aromatic carbocycles. The van der Waals surface area contributed by atoms with Gasteiger partial charge in [0.2, 0.25) is 0 Å². The first-order chi connectivity index (χ1) is 11.1. The fourth-order valence-corrected chi connectivity index (χ4v) is 3.94. The van der Waals surface area contributed by atoms with Gasteiger partial charge in [0.1, 0.15) is 6.10 Å². The summed E-state index contributed by atoms with van der Waals surface area (Å²) < 4.78 is 17.2. The van der Waals surface area contributed by atoms with Crippen LogP contribution in [0.4, 0.5) is 0 Å². The molecule has 5 heteroatoms. The molecule has 0 N–H and O–H groups in total. The second-order valence-corrected chi connectivity index (χ2v) is 6.69. The molecule has 1 heterocycles.